The van der Waals surface area contributed by atoms with Gasteiger partial charge in [0.15, 0.2) is 5.41 Å². The molecule has 0 aromatic carbocycles. The molecule has 0 bridgehead atoms. The van der Waals surface area contributed by atoms with E-state index in [1.807, 2.05) is 0 Å². The Morgan fingerprint density at radius 1 is 1.31 bits per heavy atom. The Kier molecular flexibility index (Phi) is 1.78. The van der Waals surface area contributed by atoms with Crippen molar-refractivity contribution >= 4 is 11.9 Å². The van der Waals surface area contributed by atoms with Crippen LogP contribution in [0.1, 0.15) is 6.42 Å². The highest BCUT2D eigenvalue weighted by atomic mass is 19.4. The van der Waals surface area contributed by atoms with Gasteiger partial charge in [0.1, 0.15) is 0 Å². The molecular formula is C6H5F3O4. The first-order valence-electron chi connectivity index (χ1n) is 3.26. The normalized spacial score (nSPS) is 32.7. The van der Waals surface area contributed by atoms with Crippen LogP contribution in [0.15, 0.2) is 0 Å². The highest BCUT2D eigenvalue weighted by Crippen LogP contribution is 2.62. The molecular weight excluding hydrogens is 193 g/mol. The summed E-state index contributed by atoms with van der Waals surface area (Å²) in [5.41, 5.74) is -3.06. The van der Waals surface area contributed by atoms with Crippen LogP contribution in [0.5, 0.6) is 0 Å². The predicted molar refractivity (Wildman–Crippen MR) is 31.9 cm³/mol. The Labute approximate surface area is 70.0 Å². The molecule has 7 heteroatoms. The molecule has 74 valence electrons. The largest absolute Gasteiger partial charge is 0.481 e. The molecule has 0 aliphatic heterocycles. The smallest absolute Gasteiger partial charge is 0.405 e. The van der Waals surface area contributed by atoms with E-state index in [-0.39, 0.29) is 0 Å². The van der Waals surface area contributed by atoms with Gasteiger partial charge in [-0.25, -0.2) is 0 Å². The molecule has 1 saturated carbocycles. The van der Waals surface area contributed by atoms with Gasteiger partial charge in [0, 0.05) is 0 Å². The summed E-state index contributed by atoms with van der Waals surface area (Å²) < 4.78 is 36.3. The lowest BCUT2D eigenvalue weighted by molar-refractivity contribution is -0.208. The third kappa shape index (κ3) is 1.14. The van der Waals surface area contributed by atoms with E-state index in [9.17, 15) is 22.8 Å². The van der Waals surface area contributed by atoms with Crippen LogP contribution >= 0.6 is 0 Å². The summed E-state index contributed by atoms with van der Waals surface area (Å²) in [4.78, 5) is 20.4. The maximum Gasteiger partial charge on any atom is 0.405 e. The van der Waals surface area contributed by atoms with Crippen LogP contribution in [0.3, 0.4) is 0 Å². The fourth-order valence-corrected chi connectivity index (χ4v) is 1.23. The summed E-state index contributed by atoms with van der Waals surface area (Å²) >= 11 is 0. The minimum atomic E-state index is -5.00. The van der Waals surface area contributed by atoms with Crippen LogP contribution < -0.4 is 0 Å². The van der Waals surface area contributed by atoms with Crippen molar-refractivity contribution in [2.24, 2.45) is 11.3 Å². The van der Waals surface area contributed by atoms with E-state index in [2.05, 4.69) is 0 Å². The van der Waals surface area contributed by atoms with E-state index in [0.717, 1.165) is 0 Å². The van der Waals surface area contributed by atoms with Crippen molar-refractivity contribution in [2.45, 2.75) is 12.6 Å². The van der Waals surface area contributed by atoms with Gasteiger partial charge in [-0.2, -0.15) is 13.2 Å². The molecule has 1 fully saturated rings. The lowest BCUT2D eigenvalue weighted by Crippen LogP contribution is -2.36. The molecule has 0 aromatic heterocycles. The van der Waals surface area contributed by atoms with Crippen molar-refractivity contribution in [2.75, 3.05) is 0 Å². The number of carbonyl (C=O) groups is 2. The Balaban J connectivity index is 2.97. The van der Waals surface area contributed by atoms with Gasteiger partial charge in [0.2, 0.25) is 0 Å². The number of carboxylic acids is 2. The second kappa shape index (κ2) is 2.36. The van der Waals surface area contributed by atoms with E-state index >= 15 is 0 Å². The number of rotatable bonds is 2. The fourth-order valence-electron chi connectivity index (χ4n) is 1.23. The number of halogens is 3. The topological polar surface area (TPSA) is 74.6 Å². The first-order chi connectivity index (χ1) is 5.73. The Morgan fingerprint density at radius 2 is 1.77 bits per heavy atom. The average molecular weight is 198 g/mol. The predicted octanol–water partition coefficient (Wildman–Crippen LogP) is 0.724. The summed E-state index contributed by atoms with van der Waals surface area (Å²) in [7, 11) is 0. The molecule has 0 radical (unpaired) electrons. The summed E-state index contributed by atoms with van der Waals surface area (Å²) in [5.74, 6) is -5.68. The summed E-state index contributed by atoms with van der Waals surface area (Å²) in [6.45, 7) is 0. The highest BCUT2D eigenvalue weighted by Gasteiger charge is 2.78. The van der Waals surface area contributed by atoms with Crippen molar-refractivity contribution in [3.63, 3.8) is 0 Å². The Hall–Kier alpha value is -1.27. The SMILES string of the molecule is O=C(O)[C@H]1C[C@]1(C(=O)O)C(F)(F)F. The Bertz CT molecular complexity index is 272. The van der Waals surface area contributed by atoms with Crippen molar-refractivity contribution in [1.29, 1.82) is 0 Å². The number of alkyl halides is 3. The summed E-state index contributed by atoms with van der Waals surface area (Å²) in [5, 5.41) is 16.5. The van der Waals surface area contributed by atoms with Gasteiger partial charge in [-0.15, -0.1) is 0 Å². The number of hydrogen-bond acceptors (Lipinski definition) is 2. The fraction of sp³-hybridized carbons (Fsp3) is 0.667. The van der Waals surface area contributed by atoms with Gasteiger partial charge in [0.25, 0.3) is 0 Å². The molecule has 1 aliphatic rings. The van der Waals surface area contributed by atoms with Crippen LogP contribution in [0.2, 0.25) is 0 Å². The molecule has 0 unspecified atom stereocenters. The first-order valence-corrected chi connectivity index (χ1v) is 3.26. The lowest BCUT2D eigenvalue weighted by Gasteiger charge is -2.14. The molecule has 13 heavy (non-hydrogen) atoms. The third-order valence-corrected chi connectivity index (χ3v) is 2.15. The van der Waals surface area contributed by atoms with Crippen molar-refractivity contribution in [3.05, 3.63) is 0 Å². The van der Waals surface area contributed by atoms with Gasteiger partial charge in [-0.1, -0.05) is 0 Å². The quantitative estimate of drug-likeness (QED) is 0.685. The van der Waals surface area contributed by atoms with Gasteiger partial charge in [0.05, 0.1) is 5.92 Å². The average Bonchev–Trinajstić information content (AvgIpc) is 2.57. The minimum absolute atomic E-state index is 0.874. The van der Waals surface area contributed by atoms with E-state index in [4.69, 9.17) is 10.2 Å². The molecule has 1 rings (SSSR count). The van der Waals surface area contributed by atoms with Crippen LogP contribution in [0, 0.1) is 11.3 Å². The van der Waals surface area contributed by atoms with E-state index in [1.165, 1.54) is 0 Å². The van der Waals surface area contributed by atoms with Crippen molar-refractivity contribution in [3.8, 4) is 0 Å². The van der Waals surface area contributed by atoms with E-state index < -0.39 is 35.9 Å². The summed E-state index contributed by atoms with van der Waals surface area (Å²) in [6.07, 6.45) is -5.87. The standard InChI is InChI=1S/C6H5F3O4/c7-6(8,9)5(4(12)13)1-2(5)3(10)11/h2H,1H2,(H,10,11)(H,12,13)/t2-,5+/m1/s1. The van der Waals surface area contributed by atoms with Gasteiger partial charge in [-0.05, 0) is 6.42 Å². The molecule has 2 atom stereocenters. The van der Waals surface area contributed by atoms with Gasteiger partial charge < -0.3 is 10.2 Å². The maximum absolute atomic E-state index is 12.1. The number of carboxylic acid groups (broad SMARTS) is 2. The molecule has 0 spiro atoms. The third-order valence-electron chi connectivity index (χ3n) is 2.15. The van der Waals surface area contributed by atoms with Crippen LogP contribution in [-0.4, -0.2) is 28.3 Å². The second-order valence-electron chi connectivity index (χ2n) is 2.87. The van der Waals surface area contributed by atoms with Crippen LogP contribution in [0.25, 0.3) is 0 Å². The van der Waals surface area contributed by atoms with Crippen LogP contribution in [-0.2, 0) is 9.59 Å². The zero-order chi connectivity index (χ0) is 10.4. The number of hydrogen-bond donors (Lipinski definition) is 2. The van der Waals surface area contributed by atoms with Crippen molar-refractivity contribution < 1.29 is 33.0 Å². The van der Waals surface area contributed by atoms with E-state index in [1.54, 1.807) is 0 Å². The molecule has 2 N–H and O–H groups in total. The zero-order valence-corrected chi connectivity index (χ0v) is 6.13. The van der Waals surface area contributed by atoms with Gasteiger partial charge in [-0.3, -0.25) is 9.59 Å². The highest BCUT2D eigenvalue weighted by molar-refractivity contribution is 5.90. The molecule has 4 nitrogen and oxygen atoms in total. The zero-order valence-electron chi connectivity index (χ0n) is 6.13. The van der Waals surface area contributed by atoms with Crippen molar-refractivity contribution in [1.82, 2.24) is 0 Å². The monoisotopic (exact) mass is 198 g/mol. The first kappa shape index (κ1) is 9.82. The second-order valence-corrected chi connectivity index (χ2v) is 2.87. The van der Waals surface area contributed by atoms with E-state index in [0.29, 0.717) is 0 Å². The van der Waals surface area contributed by atoms with Gasteiger partial charge >= 0.3 is 18.1 Å². The minimum Gasteiger partial charge on any atom is -0.481 e. The molecule has 0 aromatic rings. The number of aliphatic carboxylic acids is 2. The Morgan fingerprint density at radius 3 is 1.85 bits per heavy atom. The molecule has 0 heterocycles. The molecule has 0 amide bonds. The molecule has 0 saturated heterocycles. The summed E-state index contributed by atoms with van der Waals surface area (Å²) in [6, 6.07) is 0. The van der Waals surface area contributed by atoms with Crippen LogP contribution in [0.4, 0.5) is 13.2 Å². The lowest BCUT2D eigenvalue weighted by atomic mass is 10.0. The maximum atomic E-state index is 12.1. The molecule has 1 aliphatic carbocycles.